The maximum Gasteiger partial charge on any atom is 0.179 e. The third-order valence-corrected chi connectivity index (χ3v) is 5.33. The maximum absolute atomic E-state index is 12.2. The Kier molecular flexibility index (Phi) is 5.34. The van der Waals surface area contributed by atoms with Gasteiger partial charge in [0, 0.05) is 19.7 Å². The summed E-state index contributed by atoms with van der Waals surface area (Å²) < 4.78 is 30.0. The van der Waals surface area contributed by atoms with Gasteiger partial charge in [-0.15, -0.1) is 0 Å². The third-order valence-electron chi connectivity index (χ3n) is 3.62. The fourth-order valence-corrected chi connectivity index (χ4v) is 3.70. The van der Waals surface area contributed by atoms with Gasteiger partial charge in [-0.25, -0.2) is 8.42 Å². The van der Waals surface area contributed by atoms with Crippen molar-refractivity contribution in [3.05, 3.63) is 29.8 Å². The van der Waals surface area contributed by atoms with Crippen molar-refractivity contribution in [2.24, 2.45) is 0 Å². The van der Waals surface area contributed by atoms with Crippen molar-refractivity contribution in [2.75, 3.05) is 32.5 Å². The van der Waals surface area contributed by atoms with E-state index in [0.717, 1.165) is 26.0 Å². The molecule has 0 aromatic heterocycles. The van der Waals surface area contributed by atoms with Crippen molar-refractivity contribution in [2.45, 2.75) is 23.8 Å². The number of sulfone groups is 1. The average molecular weight is 308 g/mol. The van der Waals surface area contributed by atoms with E-state index in [9.17, 15) is 8.42 Å². The summed E-state index contributed by atoms with van der Waals surface area (Å²) in [5.41, 5.74) is 0.462. The van der Waals surface area contributed by atoms with E-state index in [1.54, 1.807) is 0 Å². The summed E-state index contributed by atoms with van der Waals surface area (Å²) in [6, 6.07) is 8.03. The molecular formula is C15H20N2O3S. The molecule has 2 rings (SSSR count). The molecule has 1 atom stereocenters. The topological polar surface area (TPSA) is 70.4 Å². The zero-order valence-corrected chi connectivity index (χ0v) is 13.0. The van der Waals surface area contributed by atoms with Crippen LogP contribution < -0.4 is 0 Å². The number of nitriles is 1. The smallest absolute Gasteiger partial charge is 0.179 e. The Morgan fingerprint density at radius 3 is 2.67 bits per heavy atom. The van der Waals surface area contributed by atoms with E-state index in [1.165, 1.54) is 24.3 Å². The van der Waals surface area contributed by atoms with Crippen molar-refractivity contribution >= 4 is 9.84 Å². The zero-order chi connectivity index (χ0) is 15.3. The average Bonchev–Trinajstić information content (AvgIpc) is 2.98. The van der Waals surface area contributed by atoms with Crippen LogP contribution in [-0.2, 0) is 14.6 Å². The molecule has 1 saturated heterocycles. The predicted molar refractivity (Wildman–Crippen MR) is 79.7 cm³/mol. The summed E-state index contributed by atoms with van der Waals surface area (Å²) in [5.74, 6) is 0.0715. The summed E-state index contributed by atoms with van der Waals surface area (Å²) in [4.78, 5) is 2.27. The molecule has 5 nitrogen and oxygen atoms in total. The van der Waals surface area contributed by atoms with Crippen molar-refractivity contribution in [1.82, 2.24) is 4.90 Å². The fraction of sp³-hybridized carbons (Fsp3) is 0.533. The molecule has 1 aliphatic heterocycles. The van der Waals surface area contributed by atoms with E-state index in [2.05, 4.69) is 0 Å². The molecule has 6 heteroatoms. The van der Waals surface area contributed by atoms with Crippen LogP contribution in [0.2, 0.25) is 0 Å². The molecule has 0 aliphatic carbocycles. The van der Waals surface area contributed by atoms with Crippen molar-refractivity contribution in [3.63, 3.8) is 0 Å². The number of likely N-dealkylation sites (N-methyl/N-ethyl adjacent to an activating group) is 1. The Balaban J connectivity index is 1.89. The number of ether oxygens (including phenoxy) is 1. The molecule has 114 valence electrons. The molecule has 0 bridgehead atoms. The molecule has 0 N–H and O–H groups in total. The lowest BCUT2D eigenvalue weighted by molar-refractivity contribution is 0.0829. The van der Waals surface area contributed by atoms with Crippen LogP contribution in [0.25, 0.3) is 0 Å². The minimum absolute atomic E-state index is 0.0715. The van der Waals surface area contributed by atoms with Crippen molar-refractivity contribution in [1.29, 1.82) is 5.26 Å². The summed E-state index contributed by atoms with van der Waals surface area (Å²) in [6.07, 6.45) is 2.36. The van der Waals surface area contributed by atoms with Crippen molar-refractivity contribution in [3.8, 4) is 6.07 Å². The van der Waals surface area contributed by atoms with Gasteiger partial charge in [0.1, 0.15) is 0 Å². The lowest BCUT2D eigenvalue weighted by Gasteiger charge is -2.20. The largest absolute Gasteiger partial charge is 0.377 e. The van der Waals surface area contributed by atoms with Crippen LogP contribution in [0.1, 0.15) is 18.4 Å². The van der Waals surface area contributed by atoms with Gasteiger partial charge in [-0.3, -0.25) is 0 Å². The van der Waals surface area contributed by atoms with Gasteiger partial charge in [0.15, 0.2) is 9.84 Å². The van der Waals surface area contributed by atoms with Crippen LogP contribution in [0.3, 0.4) is 0 Å². The monoisotopic (exact) mass is 308 g/mol. The number of benzene rings is 1. The van der Waals surface area contributed by atoms with E-state index < -0.39 is 9.84 Å². The lowest BCUT2D eigenvalue weighted by Crippen LogP contribution is -2.32. The summed E-state index contributed by atoms with van der Waals surface area (Å²) >= 11 is 0. The molecule has 1 fully saturated rings. The predicted octanol–water partition coefficient (Wildman–Crippen LogP) is 1.44. The Hall–Kier alpha value is -1.42. The number of hydrogen-bond acceptors (Lipinski definition) is 5. The third kappa shape index (κ3) is 4.53. The highest BCUT2D eigenvalue weighted by Crippen LogP contribution is 2.14. The molecular weight excluding hydrogens is 288 g/mol. The van der Waals surface area contributed by atoms with Gasteiger partial charge in [0.25, 0.3) is 0 Å². The SMILES string of the molecule is CN(CCS(=O)(=O)c1ccc(C#N)cc1)CC1CCCO1. The highest BCUT2D eigenvalue weighted by molar-refractivity contribution is 7.91. The van der Waals surface area contributed by atoms with Crippen LogP contribution in [-0.4, -0.2) is 51.9 Å². The first-order chi connectivity index (χ1) is 10.0. The Morgan fingerprint density at radius 1 is 1.38 bits per heavy atom. The van der Waals surface area contributed by atoms with Gasteiger partial charge in [0.2, 0.25) is 0 Å². The second kappa shape index (κ2) is 7.03. The van der Waals surface area contributed by atoms with E-state index in [-0.39, 0.29) is 16.8 Å². The first-order valence-corrected chi connectivity index (χ1v) is 8.69. The van der Waals surface area contributed by atoms with Gasteiger partial charge < -0.3 is 9.64 Å². The second-order valence-corrected chi connectivity index (χ2v) is 7.46. The quantitative estimate of drug-likeness (QED) is 0.795. The minimum atomic E-state index is -3.31. The Bertz CT molecular complexity index is 599. The Labute approximate surface area is 126 Å². The fourth-order valence-electron chi connectivity index (χ4n) is 2.36. The van der Waals surface area contributed by atoms with Gasteiger partial charge in [-0.05, 0) is 44.2 Å². The molecule has 0 spiro atoms. The molecule has 21 heavy (non-hydrogen) atoms. The lowest BCUT2D eigenvalue weighted by atomic mass is 10.2. The van der Waals surface area contributed by atoms with Crippen LogP contribution in [0.15, 0.2) is 29.2 Å². The number of nitrogens with zero attached hydrogens (tertiary/aromatic N) is 2. The van der Waals surface area contributed by atoms with Gasteiger partial charge in [-0.1, -0.05) is 0 Å². The first kappa shape index (κ1) is 16.0. The van der Waals surface area contributed by atoms with Gasteiger partial charge >= 0.3 is 0 Å². The van der Waals surface area contributed by atoms with Crippen LogP contribution in [0, 0.1) is 11.3 Å². The molecule has 1 aromatic carbocycles. The van der Waals surface area contributed by atoms with E-state index >= 15 is 0 Å². The standard InChI is InChI=1S/C15H20N2O3S/c1-17(12-14-3-2-9-20-14)8-10-21(18,19)15-6-4-13(11-16)5-7-15/h4-7,14H,2-3,8-10,12H2,1H3. The summed E-state index contributed by atoms with van der Waals surface area (Å²) in [6.45, 7) is 2.05. The minimum Gasteiger partial charge on any atom is -0.377 e. The van der Waals surface area contributed by atoms with Gasteiger partial charge in [0.05, 0.1) is 28.4 Å². The van der Waals surface area contributed by atoms with Crippen LogP contribution in [0.5, 0.6) is 0 Å². The molecule has 1 heterocycles. The van der Waals surface area contributed by atoms with Crippen molar-refractivity contribution < 1.29 is 13.2 Å². The number of hydrogen-bond donors (Lipinski definition) is 0. The maximum atomic E-state index is 12.2. The molecule has 0 saturated carbocycles. The highest BCUT2D eigenvalue weighted by Gasteiger charge is 2.19. The molecule has 0 radical (unpaired) electrons. The van der Waals surface area contributed by atoms with Gasteiger partial charge in [-0.2, -0.15) is 5.26 Å². The molecule has 1 unspecified atom stereocenters. The highest BCUT2D eigenvalue weighted by atomic mass is 32.2. The van der Waals surface area contributed by atoms with Crippen LogP contribution >= 0.6 is 0 Å². The van der Waals surface area contributed by atoms with E-state index in [4.69, 9.17) is 10.00 Å². The summed E-state index contributed by atoms with van der Waals surface area (Å²) in [5, 5.41) is 8.73. The molecule has 0 amide bonds. The van der Waals surface area contributed by atoms with E-state index in [1.807, 2.05) is 18.0 Å². The molecule has 1 aliphatic rings. The van der Waals surface area contributed by atoms with E-state index in [0.29, 0.717) is 12.1 Å². The number of rotatable bonds is 6. The zero-order valence-electron chi connectivity index (χ0n) is 12.2. The Morgan fingerprint density at radius 2 is 2.10 bits per heavy atom. The first-order valence-electron chi connectivity index (χ1n) is 7.04. The normalized spacial score (nSPS) is 18.8. The molecule has 1 aromatic rings. The second-order valence-electron chi connectivity index (χ2n) is 5.35. The van der Waals surface area contributed by atoms with Crippen LogP contribution in [0.4, 0.5) is 0 Å². The summed E-state index contributed by atoms with van der Waals surface area (Å²) in [7, 11) is -1.39.